The van der Waals surface area contributed by atoms with Gasteiger partial charge in [-0.3, -0.25) is 14.7 Å². The Kier molecular flexibility index (Phi) is 7.34. The number of aromatic nitrogens is 2. The van der Waals surface area contributed by atoms with E-state index in [0.717, 1.165) is 12.0 Å². The zero-order chi connectivity index (χ0) is 25.0. The highest BCUT2D eigenvalue weighted by Gasteiger charge is 2.33. The third-order valence-corrected chi connectivity index (χ3v) is 6.71. The maximum Gasteiger partial charge on any atom is 0.573 e. The molecule has 0 radical (unpaired) electrons. The first kappa shape index (κ1) is 24.6. The third-order valence-electron chi connectivity index (χ3n) is 5.49. The highest BCUT2D eigenvalue weighted by atomic mass is 32.1. The van der Waals surface area contributed by atoms with Crippen molar-refractivity contribution in [3.8, 4) is 5.75 Å². The Morgan fingerprint density at radius 1 is 1.14 bits per heavy atom. The smallest absolute Gasteiger partial charge is 0.406 e. The molecule has 35 heavy (non-hydrogen) atoms. The molecule has 2 aromatic heterocycles. The molecule has 1 aliphatic heterocycles. The van der Waals surface area contributed by atoms with Crippen molar-refractivity contribution in [2.24, 2.45) is 0 Å². The van der Waals surface area contributed by atoms with Crippen LogP contribution in [-0.4, -0.2) is 46.1 Å². The zero-order valence-corrected chi connectivity index (χ0v) is 19.7. The SMILES string of the molecule is Cc1nc(N2CCN(Cc3ccc(OC(F)(F)F)cc3)C2=O)sc1C(=O)CCCc1cccnc1. The number of aryl methyl sites for hydroxylation is 2. The van der Waals surface area contributed by atoms with Gasteiger partial charge in [0.25, 0.3) is 0 Å². The second kappa shape index (κ2) is 10.4. The molecule has 184 valence electrons. The van der Waals surface area contributed by atoms with E-state index in [9.17, 15) is 22.8 Å². The maximum absolute atomic E-state index is 12.9. The Morgan fingerprint density at radius 2 is 1.91 bits per heavy atom. The van der Waals surface area contributed by atoms with Crippen molar-refractivity contribution >= 4 is 28.3 Å². The molecule has 3 heterocycles. The van der Waals surface area contributed by atoms with E-state index in [1.165, 1.54) is 40.5 Å². The summed E-state index contributed by atoms with van der Waals surface area (Å²) in [4.78, 5) is 37.9. The number of carbonyl (C=O) groups is 2. The fraction of sp³-hybridized carbons (Fsp3) is 0.333. The van der Waals surface area contributed by atoms with E-state index < -0.39 is 6.36 Å². The van der Waals surface area contributed by atoms with Crippen LogP contribution in [0.15, 0.2) is 48.8 Å². The van der Waals surface area contributed by atoms with Crippen LogP contribution in [0, 0.1) is 6.92 Å². The number of ether oxygens (including phenoxy) is 1. The van der Waals surface area contributed by atoms with Gasteiger partial charge in [0.15, 0.2) is 10.9 Å². The molecule has 0 unspecified atom stereocenters. The summed E-state index contributed by atoms with van der Waals surface area (Å²) in [5.74, 6) is -0.314. The summed E-state index contributed by atoms with van der Waals surface area (Å²) in [6.07, 6.45) is 0.578. The number of pyridine rings is 1. The molecule has 0 bridgehead atoms. The number of rotatable bonds is 9. The minimum Gasteiger partial charge on any atom is -0.406 e. The summed E-state index contributed by atoms with van der Waals surface area (Å²) in [5, 5.41) is 0.472. The predicted octanol–water partition coefficient (Wildman–Crippen LogP) is 5.39. The van der Waals surface area contributed by atoms with Gasteiger partial charge < -0.3 is 9.64 Å². The second-order valence-corrected chi connectivity index (χ2v) is 9.07. The first-order valence-electron chi connectivity index (χ1n) is 11.0. The lowest BCUT2D eigenvalue weighted by Gasteiger charge is -2.17. The van der Waals surface area contributed by atoms with Crippen LogP contribution in [0.5, 0.6) is 5.75 Å². The van der Waals surface area contributed by atoms with Gasteiger partial charge in [0.2, 0.25) is 0 Å². The first-order valence-corrected chi connectivity index (χ1v) is 11.8. The van der Waals surface area contributed by atoms with E-state index in [4.69, 9.17) is 0 Å². The van der Waals surface area contributed by atoms with Gasteiger partial charge in [-0.25, -0.2) is 9.78 Å². The molecule has 0 spiro atoms. The Bertz CT molecular complexity index is 1180. The second-order valence-electron chi connectivity index (χ2n) is 8.10. The molecule has 7 nitrogen and oxygen atoms in total. The van der Waals surface area contributed by atoms with E-state index in [1.807, 2.05) is 12.1 Å². The number of alkyl halides is 3. The minimum absolute atomic E-state index is 0.000178. The quantitative estimate of drug-likeness (QED) is 0.365. The van der Waals surface area contributed by atoms with Crippen LogP contribution in [-0.2, 0) is 13.0 Å². The summed E-state index contributed by atoms with van der Waals surface area (Å²) in [5.41, 5.74) is 2.35. The number of hydrogen-bond donors (Lipinski definition) is 0. The maximum atomic E-state index is 12.9. The molecular formula is C24H23F3N4O3S. The lowest BCUT2D eigenvalue weighted by atomic mass is 10.1. The number of urea groups is 1. The molecule has 4 rings (SSSR count). The Labute approximate surface area is 204 Å². The van der Waals surface area contributed by atoms with Gasteiger partial charge in [0, 0.05) is 38.4 Å². The molecule has 0 aliphatic carbocycles. The molecule has 0 N–H and O–H groups in total. The van der Waals surface area contributed by atoms with Crippen molar-refractivity contribution in [3.63, 3.8) is 0 Å². The molecule has 11 heteroatoms. The average molecular weight is 505 g/mol. The molecule has 0 atom stereocenters. The molecule has 1 fully saturated rings. The number of carbonyl (C=O) groups excluding carboxylic acids is 2. The van der Waals surface area contributed by atoms with Gasteiger partial charge in [0.1, 0.15) is 5.75 Å². The number of amides is 2. The van der Waals surface area contributed by atoms with Gasteiger partial charge in [-0.1, -0.05) is 29.5 Å². The van der Waals surface area contributed by atoms with Crippen LogP contribution in [0.25, 0.3) is 0 Å². The van der Waals surface area contributed by atoms with Crippen LogP contribution in [0.4, 0.5) is 23.1 Å². The fourth-order valence-electron chi connectivity index (χ4n) is 3.79. The largest absolute Gasteiger partial charge is 0.573 e. The topological polar surface area (TPSA) is 75.6 Å². The fourth-order valence-corrected chi connectivity index (χ4v) is 4.85. The minimum atomic E-state index is -4.75. The van der Waals surface area contributed by atoms with Crippen molar-refractivity contribution in [2.75, 3.05) is 18.0 Å². The molecule has 1 aromatic carbocycles. The predicted molar refractivity (Wildman–Crippen MR) is 125 cm³/mol. The van der Waals surface area contributed by atoms with Crippen molar-refractivity contribution < 1.29 is 27.5 Å². The van der Waals surface area contributed by atoms with Gasteiger partial charge in [-0.15, -0.1) is 13.2 Å². The summed E-state index contributed by atoms with van der Waals surface area (Å²) >= 11 is 1.21. The lowest BCUT2D eigenvalue weighted by Crippen LogP contribution is -2.31. The standard InChI is InChI=1S/C24H23F3N4O3S/c1-16-21(20(32)6-2-4-17-5-3-11-28-14-17)35-22(29-16)31-13-12-30(23(31)33)15-18-7-9-19(10-8-18)34-24(25,26)27/h3,5,7-11,14H,2,4,6,12-13,15H2,1H3. The van der Waals surface area contributed by atoms with Crippen molar-refractivity contribution in [2.45, 2.75) is 39.1 Å². The molecule has 1 aliphatic rings. The normalized spacial score (nSPS) is 14.0. The molecule has 0 saturated carbocycles. The van der Waals surface area contributed by atoms with E-state index in [1.54, 1.807) is 24.2 Å². The number of nitrogens with zero attached hydrogens (tertiary/aromatic N) is 4. The van der Waals surface area contributed by atoms with Gasteiger partial charge >= 0.3 is 12.4 Å². The Hall–Kier alpha value is -3.47. The van der Waals surface area contributed by atoms with Gasteiger partial charge in [-0.2, -0.15) is 0 Å². The molecule has 1 saturated heterocycles. The van der Waals surface area contributed by atoms with Crippen molar-refractivity contribution in [1.29, 1.82) is 0 Å². The Balaban J connectivity index is 1.34. The van der Waals surface area contributed by atoms with Crippen molar-refractivity contribution in [3.05, 3.63) is 70.5 Å². The number of ketones is 1. The van der Waals surface area contributed by atoms with E-state index in [-0.39, 0.29) is 24.1 Å². The number of anilines is 1. The number of halogens is 3. The highest BCUT2D eigenvalue weighted by Crippen LogP contribution is 2.31. The number of Topliss-reactive ketones (excluding diaryl/α,β-unsaturated/α-hetero) is 1. The third kappa shape index (κ3) is 6.36. The number of hydrogen-bond acceptors (Lipinski definition) is 6. The summed E-state index contributed by atoms with van der Waals surface area (Å²) in [6, 6.07) is 9.01. The first-order chi connectivity index (χ1) is 16.7. The molecule has 2 amide bonds. The summed E-state index contributed by atoms with van der Waals surface area (Å²) in [7, 11) is 0. The van der Waals surface area contributed by atoms with E-state index in [2.05, 4.69) is 14.7 Å². The van der Waals surface area contributed by atoms with E-state index >= 15 is 0 Å². The number of thiazole rings is 1. The van der Waals surface area contributed by atoms with Crippen LogP contribution in [0.1, 0.15) is 39.3 Å². The highest BCUT2D eigenvalue weighted by molar-refractivity contribution is 7.17. The molecular weight excluding hydrogens is 481 g/mol. The summed E-state index contributed by atoms with van der Waals surface area (Å²) in [6.45, 7) is 2.85. The molecule has 3 aromatic rings. The summed E-state index contributed by atoms with van der Waals surface area (Å²) < 4.78 is 40.9. The van der Waals surface area contributed by atoms with Crippen LogP contribution >= 0.6 is 11.3 Å². The van der Waals surface area contributed by atoms with Gasteiger partial charge in [0.05, 0.1) is 10.6 Å². The van der Waals surface area contributed by atoms with Crippen molar-refractivity contribution in [1.82, 2.24) is 14.9 Å². The van der Waals surface area contributed by atoms with E-state index in [0.29, 0.717) is 47.2 Å². The number of benzene rings is 1. The van der Waals surface area contributed by atoms with Gasteiger partial charge in [-0.05, 0) is 49.1 Å². The van der Waals surface area contributed by atoms with Crippen LogP contribution < -0.4 is 9.64 Å². The zero-order valence-electron chi connectivity index (χ0n) is 18.9. The van der Waals surface area contributed by atoms with Crippen LogP contribution in [0.3, 0.4) is 0 Å². The Morgan fingerprint density at radius 3 is 2.60 bits per heavy atom. The lowest BCUT2D eigenvalue weighted by molar-refractivity contribution is -0.274. The monoisotopic (exact) mass is 504 g/mol. The average Bonchev–Trinajstić information content (AvgIpc) is 3.37. The van der Waals surface area contributed by atoms with Crippen LogP contribution in [0.2, 0.25) is 0 Å².